The molecule has 0 unspecified atom stereocenters. The SMILES string of the molecule is CC(=O)Nc1ccc(C(=O)COC(=O)[C@@H]2CC(=O)N(c3ccccc3F)C2)c(F)c1. The summed E-state index contributed by atoms with van der Waals surface area (Å²) in [6, 6.07) is 9.20. The molecule has 0 spiro atoms. The summed E-state index contributed by atoms with van der Waals surface area (Å²) >= 11 is 0. The van der Waals surface area contributed by atoms with E-state index < -0.39 is 47.7 Å². The van der Waals surface area contributed by atoms with E-state index in [4.69, 9.17) is 4.74 Å². The third-order valence-corrected chi connectivity index (χ3v) is 4.54. The van der Waals surface area contributed by atoms with Crippen molar-refractivity contribution < 1.29 is 32.7 Å². The van der Waals surface area contributed by atoms with E-state index in [0.29, 0.717) is 0 Å². The van der Waals surface area contributed by atoms with Gasteiger partial charge in [0, 0.05) is 25.6 Å². The van der Waals surface area contributed by atoms with E-state index >= 15 is 0 Å². The van der Waals surface area contributed by atoms with Crippen molar-refractivity contribution >= 4 is 34.9 Å². The number of Topliss-reactive ketones (excluding diaryl/α,β-unsaturated/α-hetero) is 1. The predicted octanol–water partition coefficient (Wildman–Crippen LogP) is 2.70. The Labute approximate surface area is 170 Å². The minimum absolute atomic E-state index is 0.0650. The second-order valence-electron chi connectivity index (χ2n) is 6.76. The molecule has 1 aliphatic rings. The number of nitrogens with one attached hydrogen (secondary N) is 1. The van der Waals surface area contributed by atoms with Gasteiger partial charge in [-0.05, 0) is 30.3 Å². The van der Waals surface area contributed by atoms with Crippen molar-refractivity contribution in [3.8, 4) is 0 Å². The monoisotopic (exact) mass is 416 g/mol. The maximum atomic E-state index is 14.1. The minimum Gasteiger partial charge on any atom is -0.457 e. The number of anilines is 2. The number of carbonyl (C=O) groups is 4. The molecule has 2 amide bonds. The van der Waals surface area contributed by atoms with Gasteiger partial charge in [0.2, 0.25) is 17.6 Å². The fourth-order valence-electron chi connectivity index (χ4n) is 3.12. The van der Waals surface area contributed by atoms with Crippen LogP contribution >= 0.6 is 0 Å². The molecule has 3 rings (SSSR count). The molecule has 30 heavy (non-hydrogen) atoms. The summed E-state index contributed by atoms with van der Waals surface area (Å²) in [6.07, 6.45) is -0.179. The van der Waals surface area contributed by atoms with Gasteiger partial charge in [-0.3, -0.25) is 19.2 Å². The lowest BCUT2D eigenvalue weighted by molar-refractivity contribution is -0.147. The Hall–Kier alpha value is -3.62. The molecule has 0 radical (unpaired) electrons. The molecule has 2 aromatic rings. The van der Waals surface area contributed by atoms with Crippen LogP contribution < -0.4 is 10.2 Å². The van der Waals surface area contributed by atoms with Crippen LogP contribution in [0.3, 0.4) is 0 Å². The average Bonchev–Trinajstić information content (AvgIpc) is 3.07. The molecule has 1 aliphatic heterocycles. The molecule has 1 N–H and O–H groups in total. The molecule has 156 valence electrons. The average molecular weight is 416 g/mol. The Bertz CT molecular complexity index is 1020. The second-order valence-corrected chi connectivity index (χ2v) is 6.76. The Morgan fingerprint density at radius 3 is 2.53 bits per heavy atom. The number of para-hydroxylation sites is 1. The third kappa shape index (κ3) is 4.68. The van der Waals surface area contributed by atoms with Gasteiger partial charge in [-0.25, -0.2) is 8.78 Å². The first-order valence-electron chi connectivity index (χ1n) is 9.08. The lowest BCUT2D eigenvalue weighted by Crippen LogP contribution is -2.28. The van der Waals surface area contributed by atoms with Crippen molar-refractivity contribution in [3.05, 3.63) is 59.7 Å². The second kappa shape index (κ2) is 8.81. The van der Waals surface area contributed by atoms with Gasteiger partial charge in [0.15, 0.2) is 6.61 Å². The lowest BCUT2D eigenvalue weighted by Gasteiger charge is -2.17. The van der Waals surface area contributed by atoms with Gasteiger partial charge in [0.05, 0.1) is 17.2 Å². The van der Waals surface area contributed by atoms with Crippen LogP contribution in [0.2, 0.25) is 0 Å². The highest BCUT2D eigenvalue weighted by Gasteiger charge is 2.37. The summed E-state index contributed by atoms with van der Waals surface area (Å²) in [5.74, 6) is -4.73. The fraction of sp³-hybridized carbons (Fsp3) is 0.238. The highest BCUT2D eigenvalue weighted by Crippen LogP contribution is 2.28. The molecule has 2 aromatic carbocycles. The summed E-state index contributed by atoms with van der Waals surface area (Å²) in [5, 5.41) is 2.39. The van der Waals surface area contributed by atoms with Gasteiger partial charge in [0.1, 0.15) is 11.6 Å². The number of ether oxygens (including phenoxy) is 1. The van der Waals surface area contributed by atoms with Crippen LogP contribution in [-0.2, 0) is 19.1 Å². The van der Waals surface area contributed by atoms with Crippen LogP contribution in [0.25, 0.3) is 0 Å². The Morgan fingerprint density at radius 1 is 1.13 bits per heavy atom. The normalized spacial score (nSPS) is 15.8. The molecule has 0 aromatic heterocycles. The van der Waals surface area contributed by atoms with Crippen LogP contribution in [-0.4, -0.2) is 36.7 Å². The number of esters is 1. The number of halogens is 2. The molecule has 0 aliphatic carbocycles. The summed E-state index contributed by atoms with van der Waals surface area (Å²) in [6.45, 7) is 0.476. The van der Waals surface area contributed by atoms with E-state index in [1.807, 2.05) is 0 Å². The zero-order chi connectivity index (χ0) is 21.8. The van der Waals surface area contributed by atoms with Crippen molar-refractivity contribution in [1.29, 1.82) is 0 Å². The van der Waals surface area contributed by atoms with Gasteiger partial charge in [0.25, 0.3) is 0 Å². The quantitative estimate of drug-likeness (QED) is 0.577. The van der Waals surface area contributed by atoms with Crippen LogP contribution in [0.15, 0.2) is 42.5 Å². The molecule has 1 fully saturated rings. The van der Waals surface area contributed by atoms with Crippen molar-refractivity contribution in [2.24, 2.45) is 5.92 Å². The van der Waals surface area contributed by atoms with Gasteiger partial charge in [-0.2, -0.15) is 0 Å². The molecule has 0 saturated carbocycles. The minimum atomic E-state index is -0.871. The summed E-state index contributed by atoms with van der Waals surface area (Å²) in [7, 11) is 0. The van der Waals surface area contributed by atoms with Crippen molar-refractivity contribution in [2.45, 2.75) is 13.3 Å². The number of amides is 2. The summed E-state index contributed by atoms with van der Waals surface area (Å²) in [4.78, 5) is 48.8. The molecule has 1 saturated heterocycles. The number of benzene rings is 2. The third-order valence-electron chi connectivity index (χ3n) is 4.54. The highest BCUT2D eigenvalue weighted by molar-refractivity contribution is 6.01. The Kier molecular flexibility index (Phi) is 6.20. The molecule has 1 heterocycles. The van der Waals surface area contributed by atoms with E-state index in [-0.39, 0.29) is 29.9 Å². The van der Waals surface area contributed by atoms with Gasteiger partial charge in [-0.15, -0.1) is 0 Å². The van der Waals surface area contributed by atoms with Crippen molar-refractivity contribution in [2.75, 3.05) is 23.4 Å². The first-order chi connectivity index (χ1) is 14.3. The molecule has 1 atom stereocenters. The maximum Gasteiger partial charge on any atom is 0.311 e. The lowest BCUT2D eigenvalue weighted by atomic mass is 10.1. The van der Waals surface area contributed by atoms with Crippen LogP contribution in [0.4, 0.5) is 20.2 Å². The zero-order valence-corrected chi connectivity index (χ0v) is 16.0. The van der Waals surface area contributed by atoms with Crippen molar-refractivity contribution in [1.82, 2.24) is 0 Å². The summed E-state index contributed by atoms with van der Waals surface area (Å²) in [5.41, 5.74) is -0.0474. The van der Waals surface area contributed by atoms with Gasteiger partial charge < -0.3 is 15.0 Å². The topological polar surface area (TPSA) is 92.8 Å². The Balaban J connectivity index is 1.59. The predicted molar refractivity (Wildman–Crippen MR) is 103 cm³/mol. The van der Waals surface area contributed by atoms with Gasteiger partial charge in [-0.1, -0.05) is 12.1 Å². The summed E-state index contributed by atoms with van der Waals surface area (Å²) < 4.78 is 33.0. The standard InChI is InChI=1S/C21H18F2N2O5/c1-12(26)24-14-6-7-15(17(23)9-14)19(27)11-30-21(29)13-8-20(28)25(10-13)18-5-3-2-4-16(18)22/h2-7,9,13H,8,10-11H2,1H3,(H,24,26)/t13-/m1/s1. The molecule has 9 heteroatoms. The van der Waals surface area contributed by atoms with Gasteiger partial charge >= 0.3 is 5.97 Å². The number of rotatable bonds is 6. The number of carbonyl (C=O) groups excluding carboxylic acids is 4. The van der Waals surface area contributed by atoms with Crippen LogP contribution in [0.1, 0.15) is 23.7 Å². The van der Waals surface area contributed by atoms with Crippen molar-refractivity contribution in [3.63, 3.8) is 0 Å². The fourth-order valence-corrected chi connectivity index (χ4v) is 3.12. The van der Waals surface area contributed by atoms with E-state index in [9.17, 15) is 28.0 Å². The van der Waals surface area contributed by atoms with Crippen LogP contribution in [0.5, 0.6) is 0 Å². The van der Waals surface area contributed by atoms with E-state index in [1.165, 1.54) is 37.3 Å². The molecular weight excluding hydrogens is 398 g/mol. The van der Waals surface area contributed by atoms with Crippen LogP contribution in [0, 0.1) is 17.6 Å². The smallest absolute Gasteiger partial charge is 0.311 e. The first kappa shape index (κ1) is 21.1. The molecule has 0 bridgehead atoms. The number of hydrogen-bond acceptors (Lipinski definition) is 5. The van der Waals surface area contributed by atoms with E-state index in [0.717, 1.165) is 11.0 Å². The van der Waals surface area contributed by atoms with E-state index in [1.54, 1.807) is 6.07 Å². The Morgan fingerprint density at radius 2 is 1.87 bits per heavy atom. The van der Waals surface area contributed by atoms with E-state index in [2.05, 4.69) is 5.32 Å². The largest absolute Gasteiger partial charge is 0.457 e. The number of nitrogens with zero attached hydrogens (tertiary/aromatic N) is 1. The maximum absolute atomic E-state index is 14.1. The number of hydrogen-bond donors (Lipinski definition) is 1. The molecule has 7 nitrogen and oxygen atoms in total. The molecular formula is C21H18F2N2O5. The number of ketones is 1. The zero-order valence-electron chi connectivity index (χ0n) is 16.0. The highest BCUT2D eigenvalue weighted by atomic mass is 19.1. The first-order valence-corrected chi connectivity index (χ1v) is 9.08.